The van der Waals surface area contributed by atoms with E-state index in [1.165, 1.54) is 38.5 Å². The summed E-state index contributed by atoms with van der Waals surface area (Å²) >= 11 is 1.83. The molecule has 0 unspecified atom stereocenters. The monoisotopic (exact) mass is 456 g/mol. The van der Waals surface area contributed by atoms with E-state index in [-0.39, 0.29) is 31.8 Å². The van der Waals surface area contributed by atoms with Crippen molar-refractivity contribution < 1.29 is 4.79 Å². The molecule has 0 heterocycles. The van der Waals surface area contributed by atoms with Crippen LogP contribution in [-0.2, 0) is 4.79 Å². The fraction of sp³-hybridized carbons (Fsp3) is 0.950. The number of carbonyl (C=O) groups is 1. The Hall–Kier alpha value is 0.864. The topological polar surface area (TPSA) is 17.1 Å². The Morgan fingerprint density at radius 1 is 0.680 bits per heavy atom. The molecule has 0 aromatic rings. The van der Waals surface area contributed by atoms with E-state index < -0.39 is 0 Å². The molecule has 0 aromatic carbocycles. The van der Waals surface area contributed by atoms with Crippen molar-refractivity contribution in [3.63, 3.8) is 0 Å². The maximum absolute atomic E-state index is 11.7. The van der Waals surface area contributed by atoms with Gasteiger partial charge in [0.1, 0.15) is 0 Å². The molecule has 4 saturated carbocycles. The summed E-state index contributed by atoms with van der Waals surface area (Å²) in [7, 11) is 0.361. The third kappa shape index (κ3) is 11.3. The molecule has 4 aliphatic carbocycles. The van der Waals surface area contributed by atoms with Crippen molar-refractivity contribution in [3.05, 3.63) is 0 Å². The molecule has 4 bridgehead atoms. The molecule has 144 valence electrons. The van der Waals surface area contributed by atoms with Gasteiger partial charge in [-0.15, -0.1) is 0 Å². The van der Waals surface area contributed by atoms with Gasteiger partial charge in [0, 0.05) is 26.4 Å². The Bertz CT molecular complexity index is 325. The first-order valence-corrected chi connectivity index (χ1v) is 20.0. The molecule has 0 amide bonds. The first kappa shape index (κ1) is 25.9. The third-order valence-electron chi connectivity index (χ3n) is 4.52. The van der Waals surface area contributed by atoms with E-state index in [0.29, 0.717) is 4.62 Å². The fourth-order valence-corrected chi connectivity index (χ4v) is 5.03. The van der Waals surface area contributed by atoms with Crippen molar-refractivity contribution in [3.8, 4) is 0 Å². The SMILES string of the molecule is C[Si](C)C.C[Si](C)C.C[Si](C)C.O=[C]([Ge])C12CC3CC(CC(C3)C1)C2. The van der Waals surface area contributed by atoms with Crippen LogP contribution in [0.1, 0.15) is 38.5 Å². The van der Waals surface area contributed by atoms with Crippen molar-refractivity contribution in [2.45, 2.75) is 97.4 Å². The summed E-state index contributed by atoms with van der Waals surface area (Å²) in [6.45, 7) is 20.4. The Labute approximate surface area is 172 Å². The van der Waals surface area contributed by atoms with Gasteiger partial charge in [0.2, 0.25) is 0 Å². The molecule has 1 nitrogen and oxygen atoms in total. The van der Waals surface area contributed by atoms with E-state index in [1.807, 2.05) is 16.5 Å². The van der Waals surface area contributed by atoms with Gasteiger partial charge in [-0.1, -0.05) is 58.9 Å². The molecule has 0 saturated heterocycles. The van der Waals surface area contributed by atoms with E-state index in [1.54, 1.807) is 0 Å². The molecular formula is C20H42GeOSi3. The molecule has 0 atom stereocenters. The fourth-order valence-electron chi connectivity index (χ4n) is 4.39. The number of carbonyl (C=O) groups excluding carboxylic acids is 1. The first-order chi connectivity index (χ1) is 11.4. The van der Waals surface area contributed by atoms with Crippen LogP contribution in [-0.4, -0.2) is 47.5 Å². The van der Waals surface area contributed by atoms with E-state index in [4.69, 9.17) is 0 Å². The van der Waals surface area contributed by atoms with Crippen molar-refractivity contribution in [2.75, 3.05) is 0 Å². The normalized spacial score (nSPS) is 31.6. The third-order valence-corrected chi connectivity index (χ3v) is 5.63. The summed E-state index contributed by atoms with van der Waals surface area (Å²) in [5.74, 6) is 2.74. The van der Waals surface area contributed by atoms with Crippen LogP contribution in [0.3, 0.4) is 0 Å². The van der Waals surface area contributed by atoms with Crippen molar-refractivity contribution in [1.29, 1.82) is 0 Å². The van der Waals surface area contributed by atoms with Crippen LogP contribution in [0.4, 0.5) is 0 Å². The van der Waals surface area contributed by atoms with Gasteiger partial charge in [0.05, 0.1) is 0 Å². The van der Waals surface area contributed by atoms with Crippen molar-refractivity contribution >= 4 is 47.5 Å². The van der Waals surface area contributed by atoms with E-state index in [0.717, 1.165) is 17.8 Å². The molecule has 4 aliphatic rings. The Morgan fingerprint density at radius 2 is 0.880 bits per heavy atom. The van der Waals surface area contributed by atoms with Gasteiger partial charge in [-0.2, -0.15) is 0 Å². The molecule has 0 aromatic heterocycles. The summed E-state index contributed by atoms with van der Waals surface area (Å²) in [5, 5.41) is 0. The van der Waals surface area contributed by atoms with Crippen LogP contribution in [0.15, 0.2) is 0 Å². The van der Waals surface area contributed by atoms with Crippen LogP contribution in [0.5, 0.6) is 0 Å². The van der Waals surface area contributed by atoms with Gasteiger partial charge in [-0.25, -0.2) is 0 Å². The van der Waals surface area contributed by atoms with E-state index in [2.05, 4.69) is 58.9 Å². The standard InChI is InChI=1S/C11H15GeO.3C3H9Si/c12-10(13)11-4-7-1-8(5-11)3-9(2-7)6-11;3*1-4(2)3/h7-9H,1-6H2;3*1-3H3. The first-order valence-electron chi connectivity index (χ1n) is 9.94. The van der Waals surface area contributed by atoms with Crippen LogP contribution in [0, 0.1) is 23.2 Å². The quantitative estimate of drug-likeness (QED) is 0.443. The van der Waals surface area contributed by atoms with Crippen molar-refractivity contribution in [2.24, 2.45) is 23.2 Å². The summed E-state index contributed by atoms with van der Waals surface area (Å²) < 4.78 is 0.492. The summed E-state index contributed by atoms with van der Waals surface area (Å²) in [4.78, 5) is 11.7. The van der Waals surface area contributed by atoms with Gasteiger partial charge >= 0.3 is 87.6 Å². The molecular weight excluding hydrogens is 413 g/mol. The number of hydrogen-bond acceptors (Lipinski definition) is 1. The molecule has 4 rings (SSSR count). The molecule has 4 fully saturated rings. The van der Waals surface area contributed by atoms with Crippen LogP contribution in [0.25, 0.3) is 0 Å². The van der Waals surface area contributed by atoms with Gasteiger partial charge in [0.15, 0.2) is 0 Å². The Balaban J connectivity index is 0.000000403. The van der Waals surface area contributed by atoms with Crippen molar-refractivity contribution in [1.82, 2.24) is 0 Å². The summed E-state index contributed by atoms with van der Waals surface area (Å²) in [5.41, 5.74) is 0.161. The summed E-state index contributed by atoms with van der Waals surface area (Å²) in [6.07, 6.45) is 8.00. The van der Waals surface area contributed by atoms with Gasteiger partial charge in [0.25, 0.3) is 0 Å². The van der Waals surface area contributed by atoms with Crippen LogP contribution >= 0.6 is 0 Å². The summed E-state index contributed by atoms with van der Waals surface area (Å²) in [6, 6.07) is 0. The molecule has 0 spiro atoms. The van der Waals surface area contributed by atoms with Gasteiger partial charge in [-0.3, -0.25) is 0 Å². The number of hydrogen-bond donors (Lipinski definition) is 0. The predicted molar refractivity (Wildman–Crippen MR) is 121 cm³/mol. The van der Waals surface area contributed by atoms with E-state index >= 15 is 0 Å². The molecule has 0 aliphatic heterocycles. The Kier molecular flexibility index (Phi) is 12.8. The molecule has 25 heavy (non-hydrogen) atoms. The minimum atomic E-state index is 0.120. The average Bonchev–Trinajstić information content (AvgIpc) is 2.34. The maximum atomic E-state index is 11.7. The second-order valence-corrected chi connectivity index (χ2v) is 20.0. The zero-order valence-corrected chi connectivity index (χ0v) is 23.5. The predicted octanol–water partition coefficient (Wildman–Crippen LogP) is 6.01. The van der Waals surface area contributed by atoms with E-state index in [9.17, 15) is 4.79 Å². The zero-order valence-electron chi connectivity index (χ0n) is 18.4. The zero-order chi connectivity index (χ0) is 19.8. The van der Waals surface area contributed by atoms with Crippen LogP contribution in [0.2, 0.25) is 58.9 Å². The second-order valence-electron chi connectivity index (χ2n) is 10.0. The van der Waals surface area contributed by atoms with Gasteiger partial charge in [-0.05, 0) is 0 Å². The Morgan fingerprint density at radius 3 is 1.04 bits per heavy atom. The van der Waals surface area contributed by atoms with Gasteiger partial charge < -0.3 is 0 Å². The average molecular weight is 455 g/mol. The number of rotatable bonds is 1. The second kappa shape index (κ2) is 12.3. The minimum absolute atomic E-state index is 0.120. The van der Waals surface area contributed by atoms with Crippen LogP contribution < -0.4 is 0 Å². The molecule has 6 radical (unpaired) electrons. The molecule has 5 heteroatoms. The molecule has 0 N–H and O–H groups in total.